The van der Waals surface area contributed by atoms with E-state index in [4.69, 9.17) is 11.6 Å². The van der Waals surface area contributed by atoms with Crippen LogP contribution in [0.3, 0.4) is 0 Å². The third-order valence-electron chi connectivity index (χ3n) is 2.66. The first kappa shape index (κ1) is 14.5. The normalized spacial score (nSPS) is 11.3. The Kier molecular flexibility index (Phi) is 5.47. The minimum absolute atomic E-state index is 0.00284. The van der Waals surface area contributed by atoms with Crippen LogP contribution in [0, 0.1) is 0 Å². The summed E-state index contributed by atoms with van der Waals surface area (Å²) in [6, 6.07) is 8.14. The molecular formula is C13H17BrClNO. The molecule has 0 aliphatic rings. The van der Waals surface area contributed by atoms with E-state index in [2.05, 4.69) is 47.2 Å². The van der Waals surface area contributed by atoms with Gasteiger partial charge in [-0.05, 0) is 17.7 Å². The van der Waals surface area contributed by atoms with Crippen LogP contribution in [-0.4, -0.2) is 18.3 Å². The average Bonchev–Trinajstić information content (AvgIpc) is 2.27. The van der Waals surface area contributed by atoms with Crippen LogP contribution in [0.15, 0.2) is 28.7 Å². The first-order chi connectivity index (χ1) is 7.95. The van der Waals surface area contributed by atoms with Gasteiger partial charge in [-0.1, -0.05) is 41.9 Å². The molecule has 1 aromatic rings. The predicted molar refractivity (Wildman–Crippen MR) is 75.5 cm³/mol. The van der Waals surface area contributed by atoms with Crippen LogP contribution in [0.4, 0.5) is 0 Å². The smallest absolute Gasteiger partial charge is 0.221 e. The Morgan fingerprint density at radius 2 is 2.18 bits per heavy atom. The Hall–Kier alpha value is -0.540. The van der Waals surface area contributed by atoms with E-state index in [1.54, 1.807) is 0 Å². The average molecular weight is 319 g/mol. The Bertz CT molecular complexity index is 393. The van der Waals surface area contributed by atoms with Gasteiger partial charge < -0.3 is 5.32 Å². The Morgan fingerprint density at radius 1 is 1.47 bits per heavy atom. The molecule has 17 heavy (non-hydrogen) atoms. The van der Waals surface area contributed by atoms with E-state index in [0.717, 1.165) is 4.47 Å². The highest BCUT2D eigenvalue weighted by atomic mass is 79.9. The summed E-state index contributed by atoms with van der Waals surface area (Å²) in [6.07, 6.45) is 0.371. The molecule has 0 radical (unpaired) electrons. The maximum absolute atomic E-state index is 11.4. The van der Waals surface area contributed by atoms with Gasteiger partial charge in [0.15, 0.2) is 0 Å². The van der Waals surface area contributed by atoms with Crippen molar-refractivity contribution in [1.82, 2.24) is 5.32 Å². The van der Waals surface area contributed by atoms with Gasteiger partial charge in [0.1, 0.15) is 0 Å². The van der Waals surface area contributed by atoms with Gasteiger partial charge in [0.2, 0.25) is 5.91 Å². The third-order valence-corrected chi connectivity index (χ3v) is 3.34. The van der Waals surface area contributed by atoms with Crippen LogP contribution < -0.4 is 5.32 Å². The lowest BCUT2D eigenvalue weighted by molar-refractivity contribution is -0.120. The van der Waals surface area contributed by atoms with Crippen molar-refractivity contribution in [2.24, 2.45) is 0 Å². The SMILES string of the molecule is CC(C)(CNC(=O)CCCl)c1cccc(Br)c1. The molecule has 1 aromatic carbocycles. The number of carbonyl (C=O) groups excluding carboxylic acids is 1. The first-order valence-electron chi connectivity index (χ1n) is 5.54. The molecule has 0 saturated heterocycles. The van der Waals surface area contributed by atoms with Crippen molar-refractivity contribution in [2.75, 3.05) is 12.4 Å². The number of benzene rings is 1. The van der Waals surface area contributed by atoms with Crippen molar-refractivity contribution in [1.29, 1.82) is 0 Å². The lowest BCUT2D eigenvalue weighted by Gasteiger charge is -2.25. The quantitative estimate of drug-likeness (QED) is 0.828. The van der Waals surface area contributed by atoms with E-state index in [1.165, 1.54) is 5.56 Å². The van der Waals surface area contributed by atoms with Gasteiger partial charge in [-0.2, -0.15) is 0 Å². The zero-order valence-electron chi connectivity index (χ0n) is 10.1. The van der Waals surface area contributed by atoms with Crippen molar-refractivity contribution < 1.29 is 4.79 Å². The zero-order chi connectivity index (χ0) is 12.9. The summed E-state index contributed by atoms with van der Waals surface area (Å²) in [5, 5.41) is 2.90. The van der Waals surface area contributed by atoms with E-state index in [0.29, 0.717) is 18.8 Å². The van der Waals surface area contributed by atoms with Gasteiger partial charge in [-0.25, -0.2) is 0 Å². The molecule has 0 spiro atoms. The molecule has 94 valence electrons. The van der Waals surface area contributed by atoms with Crippen LogP contribution in [0.1, 0.15) is 25.8 Å². The predicted octanol–water partition coefficient (Wildman–Crippen LogP) is 3.47. The number of hydrogen-bond acceptors (Lipinski definition) is 1. The molecule has 0 saturated carbocycles. The van der Waals surface area contributed by atoms with Crippen LogP contribution in [0.2, 0.25) is 0 Å². The first-order valence-corrected chi connectivity index (χ1v) is 6.87. The fourth-order valence-corrected chi connectivity index (χ4v) is 2.08. The van der Waals surface area contributed by atoms with E-state index in [-0.39, 0.29) is 11.3 Å². The minimum atomic E-state index is -0.0915. The zero-order valence-corrected chi connectivity index (χ0v) is 12.4. The van der Waals surface area contributed by atoms with Crippen molar-refractivity contribution in [2.45, 2.75) is 25.7 Å². The van der Waals surface area contributed by atoms with Gasteiger partial charge in [0.25, 0.3) is 0 Å². The molecule has 0 bridgehead atoms. The molecule has 0 fully saturated rings. The van der Waals surface area contributed by atoms with E-state index in [9.17, 15) is 4.79 Å². The monoisotopic (exact) mass is 317 g/mol. The molecule has 2 nitrogen and oxygen atoms in total. The lowest BCUT2D eigenvalue weighted by atomic mass is 9.84. The second kappa shape index (κ2) is 6.41. The molecule has 1 N–H and O–H groups in total. The molecule has 0 heterocycles. The standard InChI is InChI=1S/C13H17BrClNO/c1-13(2,9-16-12(17)6-7-15)10-4-3-5-11(14)8-10/h3-5,8H,6-7,9H2,1-2H3,(H,16,17). The largest absolute Gasteiger partial charge is 0.355 e. The highest BCUT2D eigenvalue weighted by Crippen LogP contribution is 2.25. The summed E-state index contributed by atoms with van der Waals surface area (Å²) in [5.74, 6) is 0.367. The summed E-state index contributed by atoms with van der Waals surface area (Å²) in [6.45, 7) is 4.82. The van der Waals surface area contributed by atoms with Crippen LogP contribution in [-0.2, 0) is 10.2 Å². The third kappa shape index (κ3) is 4.68. The van der Waals surface area contributed by atoms with Crippen LogP contribution in [0.25, 0.3) is 0 Å². The molecule has 0 aliphatic heterocycles. The Morgan fingerprint density at radius 3 is 2.76 bits per heavy atom. The summed E-state index contributed by atoms with van der Waals surface area (Å²) < 4.78 is 1.05. The van der Waals surface area contributed by atoms with Crippen molar-refractivity contribution in [3.05, 3.63) is 34.3 Å². The summed E-state index contributed by atoms with van der Waals surface area (Å²) >= 11 is 8.97. The maximum atomic E-state index is 11.4. The number of hydrogen-bond donors (Lipinski definition) is 1. The molecule has 4 heteroatoms. The topological polar surface area (TPSA) is 29.1 Å². The summed E-state index contributed by atoms with van der Waals surface area (Å²) in [5.41, 5.74) is 1.10. The molecule has 0 aromatic heterocycles. The number of amides is 1. The fourth-order valence-electron chi connectivity index (χ4n) is 1.51. The highest BCUT2D eigenvalue weighted by molar-refractivity contribution is 9.10. The number of alkyl halides is 1. The van der Waals surface area contributed by atoms with Crippen LogP contribution in [0.5, 0.6) is 0 Å². The summed E-state index contributed by atoms with van der Waals surface area (Å²) in [7, 11) is 0. The van der Waals surface area contributed by atoms with Gasteiger partial charge >= 0.3 is 0 Å². The number of halogens is 2. The molecule has 0 aliphatic carbocycles. The number of rotatable bonds is 5. The number of nitrogens with one attached hydrogen (secondary N) is 1. The lowest BCUT2D eigenvalue weighted by Crippen LogP contribution is -2.36. The minimum Gasteiger partial charge on any atom is -0.355 e. The molecule has 1 amide bonds. The van der Waals surface area contributed by atoms with Gasteiger partial charge in [0.05, 0.1) is 0 Å². The van der Waals surface area contributed by atoms with E-state index >= 15 is 0 Å². The maximum Gasteiger partial charge on any atom is 0.221 e. The fraction of sp³-hybridized carbons (Fsp3) is 0.462. The molecule has 0 atom stereocenters. The van der Waals surface area contributed by atoms with Crippen LogP contribution >= 0.6 is 27.5 Å². The van der Waals surface area contributed by atoms with E-state index in [1.807, 2.05) is 12.1 Å². The second-order valence-corrected chi connectivity index (χ2v) is 5.90. The Labute approximate surface area is 116 Å². The van der Waals surface area contributed by atoms with Gasteiger partial charge in [-0.15, -0.1) is 11.6 Å². The highest BCUT2D eigenvalue weighted by Gasteiger charge is 2.21. The summed E-state index contributed by atoms with van der Waals surface area (Å²) in [4.78, 5) is 11.4. The molecular weight excluding hydrogens is 302 g/mol. The molecule has 0 unspecified atom stereocenters. The van der Waals surface area contributed by atoms with Gasteiger partial charge in [-0.3, -0.25) is 4.79 Å². The van der Waals surface area contributed by atoms with Crippen molar-refractivity contribution in [3.8, 4) is 0 Å². The van der Waals surface area contributed by atoms with Crippen molar-refractivity contribution >= 4 is 33.4 Å². The Balaban J connectivity index is 2.65. The second-order valence-electron chi connectivity index (χ2n) is 4.61. The number of carbonyl (C=O) groups is 1. The van der Waals surface area contributed by atoms with Crippen molar-refractivity contribution in [3.63, 3.8) is 0 Å². The van der Waals surface area contributed by atoms with Gasteiger partial charge in [0, 0.05) is 28.7 Å². The van der Waals surface area contributed by atoms with E-state index < -0.39 is 0 Å². The molecule has 1 rings (SSSR count).